The first-order chi connectivity index (χ1) is 12.7. The summed E-state index contributed by atoms with van der Waals surface area (Å²) >= 11 is 1.42. The van der Waals surface area contributed by atoms with Crippen LogP contribution in [0, 0.1) is 5.82 Å². The first-order valence-electron chi connectivity index (χ1n) is 8.00. The molecule has 4 rings (SSSR count). The largest absolute Gasteiger partial charge is 0.486 e. The lowest BCUT2D eigenvalue weighted by Gasteiger charge is -2.11. The highest BCUT2D eigenvalue weighted by atomic mass is 35.5. The SMILES string of the molecule is CC(Oc1ccccc1)c1nn2c(COc3ccc(F)cc3)nnc2s1.Cl. The third kappa shape index (κ3) is 4.35. The van der Waals surface area contributed by atoms with Crippen LogP contribution in [0.25, 0.3) is 4.96 Å². The van der Waals surface area contributed by atoms with Gasteiger partial charge in [-0.3, -0.25) is 0 Å². The number of aromatic nitrogens is 4. The molecule has 9 heteroatoms. The summed E-state index contributed by atoms with van der Waals surface area (Å²) in [4.78, 5) is 0.668. The van der Waals surface area contributed by atoms with Gasteiger partial charge in [-0.2, -0.15) is 9.61 Å². The molecule has 0 spiro atoms. The molecule has 6 nitrogen and oxygen atoms in total. The second-order valence-electron chi connectivity index (χ2n) is 5.57. The third-order valence-corrected chi connectivity index (χ3v) is 4.72. The van der Waals surface area contributed by atoms with Crippen LogP contribution in [0.3, 0.4) is 0 Å². The fourth-order valence-corrected chi connectivity index (χ4v) is 3.20. The summed E-state index contributed by atoms with van der Waals surface area (Å²) in [6.45, 7) is 2.12. The van der Waals surface area contributed by atoms with E-state index in [1.165, 1.54) is 23.5 Å². The van der Waals surface area contributed by atoms with Gasteiger partial charge in [-0.15, -0.1) is 22.6 Å². The van der Waals surface area contributed by atoms with Crippen molar-refractivity contribution in [1.82, 2.24) is 19.8 Å². The van der Waals surface area contributed by atoms with Crippen LogP contribution in [-0.2, 0) is 6.61 Å². The van der Waals surface area contributed by atoms with Crippen LogP contribution in [0.15, 0.2) is 54.6 Å². The zero-order valence-corrected chi connectivity index (χ0v) is 15.9. The average molecular weight is 407 g/mol. The summed E-state index contributed by atoms with van der Waals surface area (Å²) in [5.41, 5.74) is 0. The van der Waals surface area contributed by atoms with Crippen molar-refractivity contribution in [3.05, 3.63) is 71.2 Å². The minimum absolute atomic E-state index is 0. The number of nitrogens with zero attached hydrogens (tertiary/aromatic N) is 4. The summed E-state index contributed by atoms with van der Waals surface area (Å²) in [6, 6.07) is 15.4. The van der Waals surface area contributed by atoms with Crippen molar-refractivity contribution in [1.29, 1.82) is 0 Å². The van der Waals surface area contributed by atoms with E-state index < -0.39 is 0 Å². The minimum Gasteiger partial charge on any atom is -0.486 e. The van der Waals surface area contributed by atoms with Crippen molar-refractivity contribution < 1.29 is 13.9 Å². The van der Waals surface area contributed by atoms with Crippen LogP contribution in [0.5, 0.6) is 11.5 Å². The van der Waals surface area contributed by atoms with Gasteiger partial charge in [0.25, 0.3) is 0 Å². The second-order valence-corrected chi connectivity index (χ2v) is 6.55. The Hall–Kier alpha value is -2.71. The maximum absolute atomic E-state index is 12.9. The number of ether oxygens (including phenoxy) is 2. The number of benzene rings is 2. The predicted molar refractivity (Wildman–Crippen MR) is 102 cm³/mol. The summed E-state index contributed by atoms with van der Waals surface area (Å²) in [5, 5.41) is 13.6. The van der Waals surface area contributed by atoms with Gasteiger partial charge in [0.1, 0.15) is 30.0 Å². The number of rotatable bonds is 6. The molecule has 140 valence electrons. The molecule has 2 aromatic carbocycles. The number of hydrogen-bond acceptors (Lipinski definition) is 6. The lowest BCUT2D eigenvalue weighted by atomic mass is 10.3. The Morgan fingerprint density at radius 1 is 1.04 bits per heavy atom. The van der Waals surface area contributed by atoms with E-state index in [4.69, 9.17) is 9.47 Å². The highest BCUT2D eigenvalue weighted by Crippen LogP contribution is 2.25. The molecular weight excluding hydrogens is 391 g/mol. The summed E-state index contributed by atoms with van der Waals surface area (Å²) < 4.78 is 26.1. The zero-order valence-electron chi connectivity index (χ0n) is 14.3. The molecule has 0 saturated carbocycles. The lowest BCUT2D eigenvalue weighted by molar-refractivity contribution is 0.224. The van der Waals surface area contributed by atoms with Gasteiger partial charge in [-0.05, 0) is 43.3 Å². The molecule has 1 unspecified atom stereocenters. The van der Waals surface area contributed by atoms with E-state index in [1.54, 1.807) is 16.6 Å². The Morgan fingerprint density at radius 2 is 1.78 bits per heavy atom. The minimum atomic E-state index is -0.307. The van der Waals surface area contributed by atoms with Crippen LogP contribution >= 0.6 is 23.7 Å². The molecule has 0 aliphatic carbocycles. The molecule has 1 atom stereocenters. The fraction of sp³-hybridized carbons (Fsp3) is 0.167. The van der Waals surface area contributed by atoms with E-state index in [9.17, 15) is 4.39 Å². The van der Waals surface area contributed by atoms with Crippen molar-refractivity contribution in [3.63, 3.8) is 0 Å². The summed E-state index contributed by atoms with van der Waals surface area (Å²) in [7, 11) is 0. The van der Waals surface area contributed by atoms with Crippen molar-refractivity contribution >= 4 is 28.7 Å². The number of fused-ring (bicyclic) bond motifs is 1. The van der Waals surface area contributed by atoms with E-state index >= 15 is 0 Å². The Kier molecular flexibility index (Phi) is 5.88. The number of para-hydroxylation sites is 1. The van der Waals surface area contributed by atoms with Gasteiger partial charge in [-0.1, -0.05) is 29.5 Å². The van der Waals surface area contributed by atoms with Gasteiger partial charge in [0.05, 0.1) is 0 Å². The standard InChI is InChI=1S/C18H15FN4O2S.ClH/c1-12(25-15-5-3-2-4-6-15)17-22-23-16(20-21-18(23)26-17)11-24-14-9-7-13(19)8-10-14;/h2-10,12H,11H2,1H3;1H. The Morgan fingerprint density at radius 3 is 2.52 bits per heavy atom. The van der Waals surface area contributed by atoms with Crippen LogP contribution in [0.2, 0.25) is 0 Å². The number of hydrogen-bond donors (Lipinski definition) is 0. The molecule has 2 aromatic heterocycles. The van der Waals surface area contributed by atoms with Crippen LogP contribution < -0.4 is 9.47 Å². The Bertz CT molecular complexity index is 1010. The molecule has 0 aliphatic heterocycles. The molecule has 0 N–H and O–H groups in total. The van der Waals surface area contributed by atoms with Gasteiger partial charge in [0, 0.05) is 0 Å². The van der Waals surface area contributed by atoms with Gasteiger partial charge in [0.2, 0.25) is 4.96 Å². The fourth-order valence-electron chi connectivity index (χ4n) is 2.36. The maximum Gasteiger partial charge on any atom is 0.234 e. The molecule has 0 fully saturated rings. The van der Waals surface area contributed by atoms with Crippen LogP contribution in [0.1, 0.15) is 23.9 Å². The quantitative estimate of drug-likeness (QED) is 0.473. The smallest absolute Gasteiger partial charge is 0.234 e. The van der Waals surface area contributed by atoms with Crippen LogP contribution in [0.4, 0.5) is 4.39 Å². The van der Waals surface area contributed by atoms with E-state index in [0.717, 1.165) is 10.8 Å². The van der Waals surface area contributed by atoms with Gasteiger partial charge < -0.3 is 9.47 Å². The normalized spacial score (nSPS) is 11.8. The van der Waals surface area contributed by atoms with Crippen molar-refractivity contribution in [3.8, 4) is 11.5 Å². The van der Waals surface area contributed by atoms with Crippen molar-refractivity contribution in [2.24, 2.45) is 0 Å². The molecule has 2 heterocycles. The van der Waals surface area contributed by atoms with Crippen molar-refractivity contribution in [2.75, 3.05) is 0 Å². The van der Waals surface area contributed by atoms with Crippen molar-refractivity contribution in [2.45, 2.75) is 19.6 Å². The summed E-state index contributed by atoms with van der Waals surface area (Å²) in [6.07, 6.45) is -0.213. The zero-order chi connectivity index (χ0) is 17.9. The lowest BCUT2D eigenvalue weighted by Crippen LogP contribution is -2.06. The summed E-state index contributed by atoms with van der Waals surface area (Å²) in [5.74, 6) is 1.60. The average Bonchev–Trinajstić information content (AvgIpc) is 3.23. The van der Waals surface area contributed by atoms with Gasteiger partial charge >= 0.3 is 0 Å². The van der Waals surface area contributed by atoms with E-state index in [0.29, 0.717) is 16.5 Å². The predicted octanol–water partition coefficient (Wildman–Crippen LogP) is 4.47. The maximum atomic E-state index is 12.9. The van der Waals surface area contributed by atoms with E-state index in [-0.39, 0.29) is 30.9 Å². The molecule has 0 radical (unpaired) electrons. The molecule has 0 amide bonds. The highest BCUT2D eigenvalue weighted by Gasteiger charge is 2.17. The highest BCUT2D eigenvalue weighted by molar-refractivity contribution is 7.16. The first-order valence-corrected chi connectivity index (χ1v) is 8.82. The van der Waals surface area contributed by atoms with Crippen LogP contribution in [-0.4, -0.2) is 19.8 Å². The Balaban J connectivity index is 0.00000210. The van der Waals surface area contributed by atoms with Gasteiger partial charge in [-0.25, -0.2) is 4.39 Å². The third-order valence-electron chi connectivity index (χ3n) is 3.66. The Labute approximate surface area is 165 Å². The molecule has 0 saturated heterocycles. The molecular formula is C18H16ClFN4O2S. The molecule has 4 aromatic rings. The topological polar surface area (TPSA) is 61.5 Å². The molecule has 27 heavy (non-hydrogen) atoms. The van der Waals surface area contributed by atoms with Gasteiger partial charge in [0.15, 0.2) is 10.8 Å². The molecule has 0 bridgehead atoms. The van der Waals surface area contributed by atoms with E-state index in [2.05, 4.69) is 15.3 Å². The second kappa shape index (κ2) is 8.32. The first kappa shape index (κ1) is 19.1. The monoisotopic (exact) mass is 406 g/mol. The van der Waals surface area contributed by atoms with E-state index in [1.807, 2.05) is 37.3 Å². The number of halogens is 2. The molecule has 0 aliphatic rings.